The lowest BCUT2D eigenvalue weighted by Crippen LogP contribution is -2.12. The van der Waals surface area contributed by atoms with E-state index < -0.39 is 0 Å². The highest BCUT2D eigenvalue weighted by molar-refractivity contribution is 5.84. The summed E-state index contributed by atoms with van der Waals surface area (Å²) >= 11 is 0. The Morgan fingerprint density at radius 3 is 2.51 bits per heavy atom. The van der Waals surface area contributed by atoms with Crippen LogP contribution in [0.1, 0.15) is 67.8 Å². The summed E-state index contributed by atoms with van der Waals surface area (Å²) in [5.74, 6) is 0.795. The largest absolute Gasteiger partial charge is 0.273 e. The average molecular weight is 519 g/mol. The number of aryl methyl sites for hydroxylation is 4. The highest BCUT2D eigenvalue weighted by atomic mass is 15.3. The summed E-state index contributed by atoms with van der Waals surface area (Å²) in [5.41, 5.74) is 10.0. The van der Waals surface area contributed by atoms with Crippen LogP contribution in [0.3, 0.4) is 0 Å². The molecule has 4 aromatic heterocycles. The van der Waals surface area contributed by atoms with E-state index in [4.69, 9.17) is 15.2 Å². The Kier molecular flexibility index (Phi) is 6.10. The van der Waals surface area contributed by atoms with Crippen molar-refractivity contribution in [2.45, 2.75) is 70.9 Å². The maximum absolute atomic E-state index is 5.07. The second kappa shape index (κ2) is 9.91. The molecule has 0 bridgehead atoms. The van der Waals surface area contributed by atoms with Crippen LogP contribution in [0.4, 0.5) is 0 Å². The fraction of sp³-hybridized carbons (Fsp3) is 0.387. The van der Waals surface area contributed by atoms with Crippen LogP contribution >= 0.6 is 0 Å². The lowest BCUT2D eigenvalue weighted by atomic mass is 9.91. The van der Waals surface area contributed by atoms with Gasteiger partial charge in [0.2, 0.25) is 0 Å². The van der Waals surface area contributed by atoms with Gasteiger partial charge in [0.15, 0.2) is 0 Å². The van der Waals surface area contributed by atoms with Gasteiger partial charge in [0.1, 0.15) is 5.82 Å². The fourth-order valence-corrected chi connectivity index (χ4v) is 6.20. The molecule has 0 radical (unpaired) electrons. The Labute approximate surface area is 228 Å². The van der Waals surface area contributed by atoms with Crippen LogP contribution in [-0.2, 0) is 32.9 Å². The highest BCUT2D eigenvalue weighted by Gasteiger charge is 2.27. The van der Waals surface area contributed by atoms with Gasteiger partial charge >= 0.3 is 0 Å². The van der Waals surface area contributed by atoms with Gasteiger partial charge in [0, 0.05) is 48.9 Å². The molecule has 2 aliphatic carbocycles. The van der Waals surface area contributed by atoms with Crippen molar-refractivity contribution in [3.8, 4) is 33.6 Å². The van der Waals surface area contributed by atoms with Gasteiger partial charge in [0.25, 0.3) is 0 Å². The first-order valence-electron chi connectivity index (χ1n) is 14.2. The molecule has 4 heterocycles. The number of aromatic nitrogens is 8. The molecule has 8 heteroatoms. The van der Waals surface area contributed by atoms with Crippen molar-refractivity contribution < 1.29 is 0 Å². The molecule has 7 rings (SSSR count). The van der Waals surface area contributed by atoms with Crippen LogP contribution in [0.2, 0.25) is 0 Å². The zero-order chi connectivity index (χ0) is 26.3. The zero-order valence-electron chi connectivity index (χ0n) is 22.7. The Hall–Kier alpha value is -4.07. The molecule has 198 valence electrons. The van der Waals surface area contributed by atoms with E-state index in [1.165, 1.54) is 48.8 Å². The monoisotopic (exact) mass is 518 g/mol. The lowest BCUT2D eigenvalue weighted by molar-refractivity contribution is 0.329. The van der Waals surface area contributed by atoms with E-state index in [9.17, 15) is 0 Å². The van der Waals surface area contributed by atoms with Crippen LogP contribution in [0.5, 0.6) is 0 Å². The van der Waals surface area contributed by atoms with Gasteiger partial charge in [-0.15, -0.1) is 0 Å². The van der Waals surface area contributed by atoms with E-state index >= 15 is 0 Å². The van der Waals surface area contributed by atoms with E-state index in [0.717, 1.165) is 59.1 Å². The summed E-state index contributed by atoms with van der Waals surface area (Å²) in [5, 5.41) is 14.3. The predicted molar refractivity (Wildman–Crippen MR) is 151 cm³/mol. The Morgan fingerprint density at radius 2 is 1.72 bits per heavy atom. The third-order valence-electron chi connectivity index (χ3n) is 8.30. The molecular weight excluding hydrogens is 484 g/mol. The maximum Gasteiger partial charge on any atom is 0.134 e. The normalized spacial score (nSPS) is 15.3. The number of hydrogen-bond donors (Lipinski definition) is 0. The molecule has 2 aliphatic rings. The van der Waals surface area contributed by atoms with Gasteiger partial charge in [-0.05, 0) is 49.8 Å². The molecule has 5 aromatic rings. The van der Waals surface area contributed by atoms with Gasteiger partial charge < -0.3 is 0 Å². The van der Waals surface area contributed by atoms with E-state index in [1.807, 2.05) is 41.1 Å². The Bertz CT molecular complexity index is 1610. The topological polar surface area (TPSA) is 79.2 Å². The van der Waals surface area contributed by atoms with E-state index in [2.05, 4.69) is 52.2 Å². The predicted octanol–water partition coefficient (Wildman–Crippen LogP) is 5.82. The standard InChI is InChI=1S/C31H34N8/c1-3-38-16-15-25(35-38)17-28-32-18-23-13-14-27-29(30(23)34-28)31(37(2)36-27)22-11-9-21(10-12-22)24-19-33-39(20-24)26-7-5-4-6-8-26/h9-12,15-16,18-20,26H,3-8,13-14,17H2,1-2H3. The third-order valence-corrected chi connectivity index (χ3v) is 8.30. The van der Waals surface area contributed by atoms with Crippen LogP contribution in [0.25, 0.3) is 33.6 Å². The number of hydrogen-bond acceptors (Lipinski definition) is 5. The smallest absolute Gasteiger partial charge is 0.134 e. The first-order chi connectivity index (χ1) is 19.2. The minimum atomic E-state index is 0.544. The van der Waals surface area contributed by atoms with Crippen LogP contribution in [0.15, 0.2) is 55.1 Å². The Balaban J connectivity index is 1.20. The van der Waals surface area contributed by atoms with Gasteiger partial charge in [-0.3, -0.25) is 14.0 Å². The molecule has 1 fully saturated rings. The van der Waals surface area contributed by atoms with Crippen LogP contribution in [0, 0.1) is 0 Å². The van der Waals surface area contributed by atoms with Gasteiger partial charge in [0.05, 0.1) is 41.4 Å². The van der Waals surface area contributed by atoms with Crippen molar-refractivity contribution >= 4 is 0 Å². The molecular formula is C31H34N8. The zero-order valence-corrected chi connectivity index (χ0v) is 22.7. The molecule has 0 atom stereocenters. The fourth-order valence-electron chi connectivity index (χ4n) is 6.20. The minimum Gasteiger partial charge on any atom is -0.273 e. The van der Waals surface area contributed by atoms with Gasteiger partial charge in [-0.25, -0.2) is 9.97 Å². The summed E-state index contributed by atoms with van der Waals surface area (Å²) in [6.07, 6.45) is 17.1. The number of benzene rings is 1. The molecule has 1 saturated carbocycles. The molecule has 0 saturated heterocycles. The van der Waals surface area contributed by atoms with Crippen LogP contribution < -0.4 is 0 Å². The molecule has 1 aromatic carbocycles. The molecule has 0 aliphatic heterocycles. The lowest BCUT2D eigenvalue weighted by Gasteiger charge is -2.21. The number of fused-ring (bicyclic) bond motifs is 3. The molecule has 0 unspecified atom stereocenters. The Morgan fingerprint density at radius 1 is 0.897 bits per heavy atom. The highest BCUT2D eigenvalue weighted by Crippen LogP contribution is 2.40. The summed E-state index contributed by atoms with van der Waals surface area (Å²) in [6, 6.07) is 11.4. The number of rotatable bonds is 6. The molecule has 8 nitrogen and oxygen atoms in total. The first-order valence-corrected chi connectivity index (χ1v) is 14.2. The SMILES string of the molecule is CCn1ccc(Cc2ncc3c(n2)-c2c(nn(C)c2-c2ccc(-c4cnn(C5CCCCC5)c4)cc2)CC3)n1. The minimum absolute atomic E-state index is 0.544. The maximum atomic E-state index is 5.07. The van der Waals surface area contributed by atoms with Crippen molar-refractivity contribution in [3.05, 3.63) is 77.9 Å². The molecule has 0 N–H and O–H groups in total. The quantitative estimate of drug-likeness (QED) is 0.283. The van der Waals surface area contributed by atoms with E-state index in [0.29, 0.717) is 12.5 Å². The summed E-state index contributed by atoms with van der Waals surface area (Å²) in [6.45, 7) is 2.95. The van der Waals surface area contributed by atoms with Crippen molar-refractivity contribution in [3.63, 3.8) is 0 Å². The van der Waals surface area contributed by atoms with Gasteiger partial charge in [-0.2, -0.15) is 15.3 Å². The van der Waals surface area contributed by atoms with Crippen molar-refractivity contribution in [2.75, 3.05) is 0 Å². The molecule has 39 heavy (non-hydrogen) atoms. The van der Waals surface area contributed by atoms with Gasteiger partial charge in [-0.1, -0.05) is 43.5 Å². The summed E-state index contributed by atoms with van der Waals surface area (Å²) < 4.78 is 6.14. The third kappa shape index (κ3) is 4.47. The molecule has 0 spiro atoms. The van der Waals surface area contributed by atoms with Crippen molar-refractivity contribution in [2.24, 2.45) is 7.05 Å². The summed E-state index contributed by atoms with van der Waals surface area (Å²) in [7, 11) is 2.04. The van der Waals surface area contributed by atoms with Crippen molar-refractivity contribution in [1.82, 2.24) is 39.3 Å². The van der Waals surface area contributed by atoms with Crippen LogP contribution in [-0.4, -0.2) is 39.3 Å². The van der Waals surface area contributed by atoms with E-state index in [1.54, 1.807) is 0 Å². The van der Waals surface area contributed by atoms with Crippen molar-refractivity contribution in [1.29, 1.82) is 0 Å². The molecule has 0 amide bonds. The first kappa shape index (κ1) is 24.0. The second-order valence-corrected chi connectivity index (χ2v) is 10.9. The summed E-state index contributed by atoms with van der Waals surface area (Å²) in [4.78, 5) is 9.76. The van der Waals surface area contributed by atoms with E-state index in [-0.39, 0.29) is 0 Å². The number of nitrogens with zero attached hydrogens (tertiary/aromatic N) is 8. The average Bonchev–Trinajstić information content (AvgIpc) is 3.72. The second-order valence-electron chi connectivity index (χ2n) is 10.9.